The summed E-state index contributed by atoms with van der Waals surface area (Å²) >= 11 is 7.63. The van der Waals surface area contributed by atoms with E-state index in [0.29, 0.717) is 34.6 Å². The van der Waals surface area contributed by atoms with Crippen LogP contribution in [-0.4, -0.2) is 16.7 Å². The standard InChI is InChI=1S/C29H27ClN2O2S/c1-17-6-12-20(13-7-17)32-21-15-29(2,3)16-22(33)24(21)25(23-5-4-14-35-23)26(28(32)31)27(34)18-8-10-19(30)11-9-18/h4-14,25,31,34H,15-16H2,1-3H3/b27-26+,31-28?. The molecule has 1 aromatic heterocycles. The molecular weight excluding hydrogens is 476 g/mol. The number of nitrogens with one attached hydrogen (secondary N) is 1. The van der Waals surface area contributed by atoms with Gasteiger partial charge in [0.15, 0.2) is 5.78 Å². The van der Waals surface area contributed by atoms with Gasteiger partial charge in [-0.3, -0.25) is 15.1 Å². The Morgan fingerprint density at radius 3 is 2.40 bits per heavy atom. The molecule has 1 aliphatic carbocycles. The lowest BCUT2D eigenvalue weighted by molar-refractivity contribution is -0.118. The number of thiophene rings is 1. The number of amidine groups is 1. The quantitative estimate of drug-likeness (QED) is 0.358. The van der Waals surface area contributed by atoms with Gasteiger partial charge in [-0.25, -0.2) is 0 Å². The molecule has 35 heavy (non-hydrogen) atoms. The van der Waals surface area contributed by atoms with Crippen molar-refractivity contribution in [3.63, 3.8) is 0 Å². The highest BCUT2D eigenvalue weighted by Crippen LogP contribution is 2.52. The van der Waals surface area contributed by atoms with Crippen molar-refractivity contribution in [3.8, 4) is 0 Å². The molecule has 1 aliphatic heterocycles. The van der Waals surface area contributed by atoms with Crippen LogP contribution in [0.3, 0.4) is 0 Å². The second kappa shape index (κ2) is 8.81. The molecule has 0 bridgehead atoms. The van der Waals surface area contributed by atoms with Crippen LogP contribution in [0.5, 0.6) is 0 Å². The zero-order chi connectivity index (χ0) is 24.9. The molecule has 0 amide bonds. The number of rotatable bonds is 3. The first-order valence-corrected chi connectivity index (χ1v) is 12.9. The maximum Gasteiger partial charge on any atom is 0.162 e. The topological polar surface area (TPSA) is 64.4 Å². The van der Waals surface area contributed by atoms with E-state index in [1.165, 1.54) is 11.3 Å². The van der Waals surface area contributed by atoms with Crippen molar-refractivity contribution in [1.82, 2.24) is 0 Å². The number of nitrogens with zero attached hydrogens (tertiary/aromatic N) is 1. The second-order valence-electron chi connectivity index (χ2n) is 10.0. The number of carbonyl (C=O) groups excluding carboxylic acids is 1. The lowest BCUT2D eigenvalue weighted by Crippen LogP contribution is -2.45. The fraction of sp³-hybridized carbons (Fsp3) is 0.241. The summed E-state index contributed by atoms with van der Waals surface area (Å²) in [5.74, 6) is -0.255. The third kappa shape index (κ3) is 4.24. The highest BCUT2D eigenvalue weighted by Gasteiger charge is 2.47. The number of ketones is 1. The molecule has 2 N–H and O–H groups in total. The Hall–Kier alpha value is -3.15. The van der Waals surface area contributed by atoms with Gasteiger partial charge >= 0.3 is 0 Å². The number of aliphatic hydroxyl groups excluding tert-OH is 1. The van der Waals surface area contributed by atoms with Gasteiger partial charge in [-0.15, -0.1) is 11.3 Å². The second-order valence-corrected chi connectivity index (χ2v) is 11.5. The largest absolute Gasteiger partial charge is 0.507 e. The van der Waals surface area contributed by atoms with E-state index in [0.717, 1.165) is 21.8 Å². The molecule has 1 atom stereocenters. The Morgan fingerprint density at radius 2 is 1.77 bits per heavy atom. The summed E-state index contributed by atoms with van der Waals surface area (Å²) in [6.07, 6.45) is 1.10. The first kappa shape index (κ1) is 23.6. The van der Waals surface area contributed by atoms with Gasteiger partial charge in [0.2, 0.25) is 0 Å². The van der Waals surface area contributed by atoms with Crippen molar-refractivity contribution in [1.29, 1.82) is 5.41 Å². The number of benzene rings is 2. The smallest absolute Gasteiger partial charge is 0.162 e. The van der Waals surface area contributed by atoms with Crippen molar-refractivity contribution in [2.24, 2.45) is 5.41 Å². The first-order chi connectivity index (χ1) is 16.7. The van der Waals surface area contributed by atoms with E-state index in [1.807, 2.05) is 53.6 Å². The number of aliphatic hydroxyl groups is 1. The van der Waals surface area contributed by atoms with Gasteiger partial charge in [0.25, 0.3) is 0 Å². The summed E-state index contributed by atoms with van der Waals surface area (Å²) in [6, 6.07) is 18.8. The maximum absolute atomic E-state index is 13.8. The van der Waals surface area contributed by atoms with Crippen molar-refractivity contribution < 1.29 is 9.90 Å². The van der Waals surface area contributed by atoms with E-state index in [9.17, 15) is 15.3 Å². The highest BCUT2D eigenvalue weighted by molar-refractivity contribution is 7.10. The molecule has 2 heterocycles. The minimum atomic E-state index is -0.501. The third-order valence-electron chi connectivity index (χ3n) is 6.72. The molecule has 1 unspecified atom stereocenters. The summed E-state index contributed by atoms with van der Waals surface area (Å²) in [6.45, 7) is 6.22. The SMILES string of the molecule is Cc1ccc(N2C(=N)/C(=C(/O)c3ccc(Cl)cc3)C(c3cccs3)C3=C2CC(C)(C)CC3=O)cc1. The number of hydrogen-bond acceptors (Lipinski definition) is 4. The molecule has 0 saturated heterocycles. The van der Waals surface area contributed by atoms with Crippen molar-refractivity contribution >= 4 is 46.0 Å². The predicted molar refractivity (Wildman–Crippen MR) is 144 cm³/mol. The van der Waals surface area contributed by atoms with E-state index in [-0.39, 0.29) is 22.8 Å². The highest BCUT2D eigenvalue weighted by atomic mass is 35.5. The minimum Gasteiger partial charge on any atom is -0.507 e. The van der Waals surface area contributed by atoms with Crippen molar-refractivity contribution in [2.45, 2.75) is 39.5 Å². The Bertz CT molecular complexity index is 1370. The molecule has 4 nitrogen and oxygen atoms in total. The van der Waals surface area contributed by atoms with Gasteiger partial charge in [-0.2, -0.15) is 0 Å². The van der Waals surface area contributed by atoms with Crippen LogP contribution >= 0.6 is 22.9 Å². The Labute approximate surface area is 214 Å². The van der Waals surface area contributed by atoms with Crippen molar-refractivity contribution in [2.75, 3.05) is 4.90 Å². The van der Waals surface area contributed by atoms with Crippen LogP contribution in [0.25, 0.3) is 5.76 Å². The number of allylic oxidation sites excluding steroid dienone is 2. The van der Waals surface area contributed by atoms with Gasteiger partial charge in [-0.05, 0) is 66.6 Å². The average molecular weight is 503 g/mol. The normalized spacial score (nSPS) is 21.3. The Morgan fingerprint density at radius 1 is 1.09 bits per heavy atom. The van der Waals surface area contributed by atoms with Gasteiger partial charge < -0.3 is 5.11 Å². The molecule has 0 fully saturated rings. The fourth-order valence-electron chi connectivity index (χ4n) is 5.10. The van der Waals surface area contributed by atoms with Crippen LogP contribution in [0.1, 0.15) is 48.6 Å². The van der Waals surface area contributed by atoms with Crippen LogP contribution in [0.2, 0.25) is 5.02 Å². The third-order valence-corrected chi connectivity index (χ3v) is 7.90. The van der Waals surface area contributed by atoms with Gasteiger partial charge in [0.1, 0.15) is 11.6 Å². The molecule has 6 heteroatoms. The predicted octanol–water partition coefficient (Wildman–Crippen LogP) is 7.90. The van der Waals surface area contributed by atoms with Crippen LogP contribution in [0, 0.1) is 17.7 Å². The fourth-order valence-corrected chi connectivity index (χ4v) is 6.07. The number of aryl methyl sites for hydroxylation is 1. The summed E-state index contributed by atoms with van der Waals surface area (Å²) in [5.41, 5.74) is 4.23. The van der Waals surface area contributed by atoms with Crippen LogP contribution < -0.4 is 4.90 Å². The Kier molecular flexibility index (Phi) is 5.94. The van der Waals surface area contributed by atoms with E-state index in [2.05, 4.69) is 13.8 Å². The van der Waals surface area contributed by atoms with Gasteiger partial charge in [0, 0.05) is 38.8 Å². The minimum absolute atomic E-state index is 0.00800. The summed E-state index contributed by atoms with van der Waals surface area (Å²) in [5, 5.41) is 23.5. The number of halogens is 1. The molecular formula is C29H27ClN2O2S. The zero-order valence-electron chi connectivity index (χ0n) is 19.9. The summed E-state index contributed by atoms with van der Waals surface area (Å²) < 4.78 is 0. The number of hydrogen-bond donors (Lipinski definition) is 2. The van der Waals surface area contributed by atoms with Gasteiger partial charge in [0.05, 0.1) is 11.5 Å². The van der Waals surface area contributed by atoms with Crippen molar-refractivity contribution in [3.05, 3.63) is 104 Å². The van der Waals surface area contributed by atoms with E-state index < -0.39 is 5.92 Å². The van der Waals surface area contributed by atoms with Crippen LogP contribution in [-0.2, 0) is 4.79 Å². The molecule has 3 aromatic rings. The average Bonchev–Trinajstić information content (AvgIpc) is 3.33. The van der Waals surface area contributed by atoms with Gasteiger partial charge in [-0.1, -0.05) is 49.2 Å². The molecule has 0 radical (unpaired) electrons. The Balaban J connectivity index is 1.82. The molecule has 2 aromatic carbocycles. The summed E-state index contributed by atoms with van der Waals surface area (Å²) in [7, 11) is 0. The van der Waals surface area contributed by atoms with E-state index in [1.54, 1.807) is 24.3 Å². The number of Topliss-reactive ketones (excluding diaryl/α,β-unsaturated/α-hetero) is 1. The molecule has 0 saturated carbocycles. The molecule has 2 aliphatic rings. The van der Waals surface area contributed by atoms with Crippen LogP contribution in [0.4, 0.5) is 5.69 Å². The molecule has 0 spiro atoms. The maximum atomic E-state index is 13.8. The van der Waals surface area contributed by atoms with E-state index in [4.69, 9.17) is 11.6 Å². The number of anilines is 1. The zero-order valence-corrected chi connectivity index (χ0v) is 21.5. The lowest BCUT2D eigenvalue weighted by atomic mass is 9.68. The monoisotopic (exact) mass is 502 g/mol. The molecule has 178 valence electrons. The van der Waals surface area contributed by atoms with E-state index >= 15 is 0 Å². The lowest BCUT2D eigenvalue weighted by Gasteiger charge is -2.45. The summed E-state index contributed by atoms with van der Waals surface area (Å²) in [4.78, 5) is 16.6. The van der Waals surface area contributed by atoms with Crippen LogP contribution in [0.15, 0.2) is 82.9 Å². The number of carbonyl (C=O) groups is 1. The first-order valence-electron chi connectivity index (χ1n) is 11.6. The molecule has 5 rings (SSSR count).